The number of hydrogen-bond donors (Lipinski definition) is 2. The minimum atomic E-state index is -0.00107. The van der Waals surface area contributed by atoms with E-state index in [4.69, 9.17) is 4.98 Å². The van der Waals surface area contributed by atoms with Gasteiger partial charge in [-0.3, -0.25) is 9.59 Å². The van der Waals surface area contributed by atoms with E-state index < -0.39 is 0 Å². The van der Waals surface area contributed by atoms with Crippen molar-refractivity contribution in [3.05, 3.63) is 62.5 Å². The smallest absolute Gasteiger partial charge is 0.259 e. The van der Waals surface area contributed by atoms with Gasteiger partial charge in [0.2, 0.25) is 5.91 Å². The van der Waals surface area contributed by atoms with Crippen molar-refractivity contribution in [3.8, 4) is 0 Å². The lowest BCUT2D eigenvalue weighted by Gasteiger charge is -2.29. The fraction of sp³-hybridized carbons (Fsp3) is 0.500. The molecule has 1 amide bonds. The topological polar surface area (TPSA) is 74.8 Å². The molecule has 0 radical (unpaired) electrons. The number of H-pyrrole nitrogens is 1. The van der Waals surface area contributed by atoms with E-state index in [1.165, 1.54) is 22.4 Å². The van der Waals surface area contributed by atoms with E-state index in [1.807, 2.05) is 0 Å². The molecule has 0 aliphatic heterocycles. The molecule has 1 fully saturated rings. The fourth-order valence-electron chi connectivity index (χ4n) is 5.21. The van der Waals surface area contributed by atoms with Crippen LogP contribution in [0.25, 0.3) is 10.2 Å². The third kappa shape index (κ3) is 5.35. The Kier molecular flexibility index (Phi) is 7.16. The number of nitrogens with one attached hydrogen (secondary N) is 2. The number of thiophene rings is 1. The summed E-state index contributed by atoms with van der Waals surface area (Å²) in [6.45, 7) is 0. The maximum absolute atomic E-state index is 12.6. The third-order valence-electron chi connectivity index (χ3n) is 6.95. The minimum Gasteiger partial charge on any atom is -0.353 e. The molecule has 33 heavy (non-hydrogen) atoms. The van der Waals surface area contributed by atoms with Crippen LogP contribution in [0, 0.1) is 0 Å². The van der Waals surface area contributed by atoms with Gasteiger partial charge >= 0.3 is 0 Å². The number of nitrogens with zero attached hydrogens (tertiary/aromatic N) is 1. The van der Waals surface area contributed by atoms with E-state index in [1.54, 1.807) is 23.1 Å². The van der Waals surface area contributed by atoms with E-state index in [-0.39, 0.29) is 11.5 Å². The van der Waals surface area contributed by atoms with Gasteiger partial charge in [-0.1, -0.05) is 30.3 Å². The zero-order chi connectivity index (χ0) is 22.6. The monoisotopic (exact) mass is 481 g/mol. The molecule has 0 bridgehead atoms. The summed E-state index contributed by atoms with van der Waals surface area (Å²) in [7, 11) is 0. The average molecular weight is 482 g/mol. The Balaban J connectivity index is 1.06. The van der Waals surface area contributed by atoms with Crippen molar-refractivity contribution in [2.24, 2.45) is 0 Å². The van der Waals surface area contributed by atoms with E-state index in [0.717, 1.165) is 66.7 Å². The van der Waals surface area contributed by atoms with Crippen LogP contribution in [0.3, 0.4) is 0 Å². The Morgan fingerprint density at radius 1 is 1.12 bits per heavy atom. The van der Waals surface area contributed by atoms with Gasteiger partial charge in [0.25, 0.3) is 5.56 Å². The summed E-state index contributed by atoms with van der Waals surface area (Å²) in [5.74, 6) is 2.83. The van der Waals surface area contributed by atoms with Gasteiger partial charge < -0.3 is 10.3 Å². The van der Waals surface area contributed by atoms with Crippen LogP contribution in [0.5, 0.6) is 0 Å². The molecule has 1 aromatic carbocycles. The maximum atomic E-state index is 12.6. The van der Waals surface area contributed by atoms with Crippen LogP contribution in [-0.4, -0.2) is 27.7 Å². The Morgan fingerprint density at radius 2 is 1.91 bits per heavy atom. The molecule has 5 rings (SSSR count). The van der Waals surface area contributed by atoms with Crippen LogP contribution >= 0.6 is 23.1 Å². The number of benzene rings is 1. The van der Waals surface area contributed by atoms with Gasteiger partial charge in [0, 0.05) is 23.1 Å². The summed E-state index contributed by atoms with van der Waals surface area (Å²) in [6.07, 6.45) is 9.31. The van der Waals surface area contributed by atoms with Gasteiger partial charge in [0.1, 0.15) is 10.7 Å². The number of carbonyl (C=O) groups excluding carboxylic acids is 1. The van der Waals surface area contributed by atoms with Crippen molar-refractivity contribution in [3.63, 3.8) is 0 Å². The summed E-state index contributed by atoms with van der Waals surface area (Å²) < 4.78 is 0. The van der Waals surface area contributed by atoms with Crippen molar-refractivity contribution in [1.29, 1.82) is 0 Å². The van der Waals surface area contributed by atoms with Gasteiger partial charge in [0.05, 0.1) is 11.1 Å². The molecular formula is C26H31N3O2S2. The molecule has 3 aromatic rings. The third-order valence-corrected chi connectivity index (χ3v) is 9.11. The summed E-state index contributed by atoms with van der Waals surface area (Å²) in [6, 6.07) is 11.0. The molecule has 2 aliphatic rings. The number of aromatic nitrogens is 2. The number of carbonyl (C=O) groups is 1. The minimum absolute atomic E-state index is 0.00107. The number of fused-ring (bicyclic) bond motifs is 3. The molecule has 2 heterocycles. The number of amides is 1. The first kappa shape index (κ1) is 22.7. The van der Waals surface area contributed by atoms with Gasteiger partial charge in [-0.25, -0.2) is 4.98 Å². The number of thioether (sulfide) groups is 1. The Bertz CT molecular complexity index is 1160. The number of aryl methyl sites for hydroxylation is 2. The second-order valence-corrected chi connectivity index (χ2v) is 11.4. The highest BCUT2D eigenvalue weighted by molar-refractivity contribution is 7.98. The summed E-state index contributed by atoms with van der Waals surface area (Å²) in [5, 5.41) is 4.04. The zero-order valence-corrected chi connectivity index (χ0v) is 20.5. The predicted octanol–water partition coefficient (Wildman–Crippen LogP) is 5.33. The van der Waals surface area contributed by atoms with Crippen molar-refractivity contribution < 1.29 is 4.79 Å². The lowest BCUT2D eigenvalue weighted by atomic mass is 9.82. The van der Waals surface area contributed by atoms with Crippen molar-refractivity contribution in [2.45, 2.75) is 75.5 Å². The van der Waals surface area contributed by atoms with Crippen LogP contribution in [0.15, 0.2) is 35.1 Å². The molecule has 1 saturated carbocycles. The first-order chi connectivity index (χ1) is 16.2. The highest BCUT2D eigenvalue weighted by Crippen LogP contribution is 2.34. The lowest BCUT2D eigenvalue weighted by Crippen LogP contribution is -2.37. The molecule has 7 heteroatoms. The van der Waals surface area contributed by atoms with E-state index >= 15 is 0 Å². The van der Waals surface area contributed by atoms with E-state index in [0.29, 0.717) is 24.1 Å². The molecule has 0 atom stereocenters. The zero-order valence-electron chi connectivity index (χ0n) is 18.9. The standard InChI is InChI=1S/C26H31N3O2S2/c30-23(27-19-12-10-18(11-13-19)17-6-2-1-3-7-17)14-15-32-16-22-28-25(31)24-20-8-4-5-9-21(20)33-26(24)29-22/h1-3,6-7,18-19H,4-5,8-16H2,(H,27,30)(H,28,29,31). The second-order valence-electron chi connectivity index (χ2n) is 9.23. The fourth-order valence-corrected chi connectivity index (χ4v) is 7.29. The predicted molar refractivity (Wildman–Crippen MR) is 137 cm³/mol. The van der Waals surface area contributed by atoms with Crippen molar-refractivity contribution >= 4 is 39.2 Å². The Labute approximate surface area is 202 Å². The average Bonchev–Trinajstić information content (AvgIpc) is 3.22. The van der Waals surface area contributed by atoms with E-state index in [2.05, 4.69) is 40.6 Å². The van der Waals surface area contributed by atoms with Gasteiger partial charge in [0.15, 0.2) is 0 Å². The normalized spacial score (nSPS) is 20.5. The van der Waals surface area contributed by atoms with Crippen molar-refractivity contribution in [1.82, 2.24) is 15.3 Å². The molecule has 2 aliphatic carbocycles. The van der Waals surface area contributed by atoms with Crippen LogP contribution in [-0.2, 0) is 23.4 Å². The quantitative estimate of drug-likeness (QED) is 0.447. The van der Waals surface area contributed by atoms with Crippen LogP contribution in [0.2, 0.25) is 0 Å². The lowest BCUT2D eigenvalue weighted by molar-refractivity contribution is -0.121. The van der Waals surface area contributed by atoms with Crippen LogP contribution < -0.4 is 10.9 Å². The van der Waals surface area contributed by atoms with Gasteiger partial charge in [-0.05, 0) is 68.4 Å². The number of aromatic amines is 1. The first-order valence-electron chi connectivity index (χ1n) is 12.1. The van der Waals surface area contributed by atoms with Crippen LogP contribution in [0.4, 0.5) is 0 Å². The summed E-state index contributed by atoms with van der Waals surface area (Å²) >= 11 is 3.34. The van der Waals surface area contributed by atoms with Crippen LogP contribution in [0.1, 0.15) is 72.7 Å². The first-order valence-corrected chi connectivity index (χ1v) is 14.1. The van der Waals surface area contributed by atoms with Crippen molar-refractivity contribution in [2.75, 3.05) is 5.75 Å². The molecule has 0 saturated heterocycles. The SMILES string of the molecule is O=C(CCSCc1nc2sc3c(c2c(=O)[nH]1)CCCC3)NC1CCC(c2ccccc2)CC1. The highest BCUT2D eigenvalue weighted by Gasteiger charge is 2.23. The molecule has 174 valence electrons. The molecule has 5 nitrogen and oxygen atoms in total. The molecule has 0 spiro atoms. The Morgan fingerprint density at radius 3 is 2.73 bits per heavy atom. The van der Waals surface area contributed by atoms with Gasteiger partial charge in [-0.15, -0.1) is 11.3 Å². The Hall–Kier alpha value is -2.12. The second kappa shape index (κ2) is 10.4. The summed E-state index contributed by atoms with van der Waals surface area (Å²) in [4.78, 5) is 35.0. The molecule has 2 aromatic heterocycles. The molecule has 2 N–H and O–H groups in total. The maximum Gasteiger partial charge on any atom is 0.259 e. The number of rotatable bonds is 7. The van der Waals surface area contributed by atoms with E-state index in [9.17, 15) is 9.59 Å². The largest absolute Gasteiger partial charge is 0.353 e. The highest BCUT2D eigenvalue weighted by atomic mass is 32.2. The summed E-state index contributed by atoms with van der Waals surface area (Å²) in [5.41, 5.74) is 2.65. The number of hydrogen-bond acceptors (Lipinski definition) is 5. The molecular weight excluding hydrogens is 450 g/mol. The molecule has 0 unspecified atom stereocenters. The van der Waals surface area contributed by atoms with Gasteiger partial charge in [-0.2, -0.15) is 11.8 Å².